The van der Waals surface area contributed by atoms with Crippen molar-refractivity contribution < 1.29 is 9.59 Å². The standard InChI is InChI=1S/C26H29N5O3/c1-17(32)29-10-8-22(9-11-29)30-14-19-12-21(16-30)25-23(6-7-24(33)31(25)15-19)28-26(34)20-4-2-18(13-27)3-5-20/h2-7,19,21-22H,8-12,14-16H2,1H3,(H,28,34)/t19-,21+/m0/s1. The van der Waals surface area contributed by atoms with Crippen molar-refractivity contribution in [2.75, 3.05) is 31.5 Å². The largest absolute Gasteiger partial charge is 0.343 e. The summed E-state index contributed by atoms with van der Waals surface area (Å²) in [5, 5.41) is 12.0. The molecule has 0 aliphatic carbocycles. The molecule has 2 saturated heterocycles. The van der Waals surface area contributed by atoms with Crippen LogP contribution in [0.5, 0.6) is 0 Å². The number of carbonyl (C=O) groups is 2. The zero-order valence-electron chi connectivity index (χ0n) is 19.4. The third kappa shape index (κ3) is 4.24. The maximum absolute atomic E-state index is 12.9. The Kier molecular flexibility index (Phi) is 5.96. The lowest BCUT2D eigenvalue weighted by atomic mass is 9.81. The maximum atomic E-state index is 12.9. The molecule has 4 heterocycles. The number of fused-ring (bicyclic) bond motifs is 4. The van der Waals surface area contributed by atoms with Crippen LogP contribution in [-0.4, -0.2) is 58.4 Å². The van der Waals surface area contributed by atoms with Crippen molar-refractivity contribution in [1.29, 1.82) is 5.26 Å². The maximum Gasteiger partial charge on any atom is 0.255 e. The van der Waals surface area contributed by atoms with Gasteiger partial charge >= 0.3 is 0 Å². The molecule has 3 aliphatic rings. The predicted octanol–water partition coefficient (Wildman–Crippen LogP) is 2.40. The highest BCUT2D eigenvalue weighted by Gasteiger charge is 2.39. The molecule has 8 nitrogen and oxygen atoms in total. The summed E-state index contributed by atoms with van der Waals surface area (Å²) in [5.41, 5.74) is 2.55. The van der Waals surface area contributed by atoms with Gasteiger partial charge in [-0.2, -0.15) is 5.26 Å². The fourth-order valence-corrected chi connectivity index (χ4v) is 5.89. The van der Waals surface area contributed by atoms with Crippen LogP contribution in [-0.2, 0) is 11.3 Å². The van der Waals surface area contributed by atoms with Crippen LogP contribution in [0.15, 0.2) is 41.2 Å². The van der Waals surface area contributed by atoms with Gasteiger partial charge in [0.05, 0.1) is 17.3 Å². The first-order valence-corrected chi connectivity index (χ1v) is 12.0. The summed E-state index contributed by atoms with van der Waals surface area (Å²) in [6.45, 7) is 5.71. The summed E-state index contributed by atoms with van der Waals surface area (Å²) in [6, 6.07) is 12.3. The van der Waals surface area contributed by atoms with Gasteiger partial charge in [-0.05, 0) is 55.5 Å². The number of pyridine rings is 1. The van der Waals surface area contributed by atoms with E-state index in [-0.39, 0.29) is 23.3 Å². The molecule has 0 spiro atoms. The van der Waals surface area contributed by atoms with Crippen molar-refractivity contribution in [1.82, 2.24) is 14.4 Å². The molecule has 1 aromatic carbocycles. The second-order valence-electron chi connectivity index (χ2n) is 9.71. The summed E-state index contributed by atoms with van der Waals surface area (Å²) in [7, 11) is 0. The molecule has 2 atom stereocenters. The average Bonchev–Trinajstić information content (AvgIpc) is 2.85. The van der Waals surface area contributed by atoms with Crippen LogP contribution >= 0.6 is 0 Å². The number of piperidine rings is 2. The van der Waals surface area contributed by atoms with Gasteiger partial charge in [0.1, 0.15) is 0 Å². The van der Waals surface area contributed by atoms with E-state index in [2.05, 4.69) is 16.3 Å². The zero-order chi connectivity index (χ0) is 23.8. The van der Waals surface area contributed by atoms with Crippen LogP contribution in [0.3, 0.4) is 0 Å². The van der Waals surface area contributed by atoms with Crippen LogP contribution in [0, 0.1) is 17.2 Å². The zero-order valence-corrected chi connectivity index (χ0v) is 19.4. The molecule has 1 aromatic heterocycles. The van der Waals surface area contributed by atoms with Crippen molar-refractivity contribution in [3.05, 3.63) is 63.6 Å². The minimum absolute atomic E-state index is 0.0238. The lowest BCUT2D eigenvalue weighted by Crippen LogP contribution is -2.53. The van der Waals surface area contributed by atoms with Gasteiger partial charge in [-0.1, -0.05) is 0 Å². The number of likely N-dealkylation sites (tertiary alicyclic amines) is 2. The number of hydrogen-bond acceptors (Lipinski definition) is 5. The van der Waals surface area contributed by atoms with Gasteiger partial charge in [0, 0.05) is 68.9 Å². The summed E-state index contributed by atoms with van der Waals surface area (Å²) >= 11 is 0. The number of anilines is 1. The molecule has 2 aromatic rings. The predicted molar refractivity (Wildman–Crippen MR) is 128 cm³/mol. The van der Waals surface area contributed by atoms with E-state index in [1.165, 1.54) is 6.07 Å². The number of nitrogens with zero attached hydrogens (tertiary/aromatic N) is 4. The molecule has 8 heteroatoms. The third-order valence-corrected chi connectivity index (χ3v) is 7.57. The summed E-state index contributed by atoms with van der Waals surface area (Å²) in [6.07, 6.45) is 2.96. The van der Waals surface area contributed by atoms with Gasteiger partial charge in [0.25, 0.3) is 11.5 Å². The minimum atomic E-state index is -0.252. The molecule has 176 valence electrons. The number of benzene rings is 1. The molecule has 2 fully saturated rings. The first-order chi connectivity index (χ1) is 16.4. The first kappa shape index (κ1) is 22.4. The third-order valence-electron chi connectivity index (χ3n) is 7.57. The molecule has 2 amide bonds. The van der Waals surface area contributed by atoms with Crippen molar-refractivity contribution >= 4 is 17.5 Å². The Morgan fingerprint density at radius 2 is 1.76 bits per heavy atom. The van der Waals surface area contributed by atoms with Gasteiger partial charge in [-0.3, -0.25) is 19.3 Å². The summed E-state index contributed by atoms with van der Waals surface area (Å²) in [5.74, 6) is 0.463. The number of carbonyl (C=O) groups excluding carboxylic acids is 2. The van der Waals surface area contributed by atoms with E-state index in [1.807, 2.05) is 9.47 Å². The van der Waals surface area contributed by atoms with E-state index in [0.29, 0.717) is 35.3 Å². The highest BCUT2D eigenvalue weighted by Crippen LogP contribution is 2.40. The number of aromatic nitrogens is 1. The SMILES string of the molecule is CC(=O)N1CCC(N2C[C@@H]3C[C@H](C2)c2c(NC(=O)c4ccc(C#N)cc4)ccc(=O)n2C3)CC1. The van der Waals surface area contributed by atoms with Crippen LogP contribution in [0.1, 0.15) is 53.7 Å². The highest BCUT2D eigenvalue weighted by atomic mass is 16.2. The van der Waals surface area contributed by atoms with Gasteiger partial charge in [0.2, 0.25) is 5.91 Å². The number of hydrogen-bond donors (Lipinski definition) is 1. The van der Waals surface area contributed by atoms with Gasteiger partial charge < -0.3 is 14.8 Å². The first-order valence-electron chi connectivity index (χ1n) is 12.0. The molecule has 2 bridgehead atoms. The quantitative estimate of drug-likeness (QED) is 0.760. The topological polar surface area (TPSA) is 98.4 Å². The summed E-state index contributed by atoms with van der Waals surface area (Å²) in [4.78, 5) is 41.8. The van der Waals surface area contributed by atoms with Gasteiger partial charge in [-0.15, -0.1) is 0 Å². The Bertz CT molecular complexity index is 1200. The fourth-order valence-electron chi connectivity index (χ4n) is 5.89. The van der Waals surface area contributed by atoms with Crippen LogP contribution < -0.4 is 10.9 Å². The van der Waals surface area contributed by atoms with E-state index in [0.717, 1.165) is 51.1 Å². The van der Waals surface area contributed by atoms with E-state index < -0.39 is 0 Å². The van der Waals surface area contributed by atoms with Crippen molar-refractivity contribution in [2.24, 2.45) is 5.92 Å². The molecule has 3 aliphatic heterocycles. The number of amides is 2. The number of nitriles is 1. The average molecular weight is 460 g/mol. The van der Waals surface area contributed by atoms with Crippen molar-refractivity contribution in [3.8, 4) is 6.07 Å². The Labute approximate surface area is 198 Å². The lowest BCUT2D eigenvalue weighted by molar-refractivity contribution is -0.130. The molecule has 34 heavy (non-hydrogen) atoms. The van der Waals surface area contributed by atoms with Crippen molar-refractivity contribution in [3.63, 3.8) is 0 Å². The van der Waals surface area contributed by atoms with Crippen LogP contribution in [0.4, 0.5) is 5.69 Å². The highest BCUT2D eigenvalue weighted by molar-refractivity contribution is 6.04. The molecular weight excluding hydrogens is 430 g/mol. The van der Waals surface area contributed by atoms with E-state index in [9.17, 15) is 14.4 Å². The minimum Gasteiger partial charge on any atom is -0.343 e. The molecular formula is C26H29N5O3. The smallest absolute Gasteiger partial charge is 0.255 e. The number of rotatable bonds is 3. The van der Waals surface area contributed by atoms with Gasteiger partial charge in [0.15, 0.2) is 0 Å². The molecule has 0 radical (unpaired) electrons. The van der Waals surface area contributed by atoms with E-state index in [4.69, 9.17) is 5.26 Å². The second kappa shape index (κ2) is 9.07. The summed E-state index contributed by atoms with van der Waals surface area (Å²) < 4.78 is 1.85. The fraction of sp³-hybridized carbons (Fsp3) is 0.462. The van der Waals surface area contributed by atoms with Crippen LogP contribution in [0.2, 0.25) is 0 Å². The van der Waals surface area contributed by atoms with Crippen molar-refractivity contribution in [2.45, 2.75) is 44.7 Å². The normalized spacial score (nSPS) is 22.5. The molecule has 5 rings (SSSR count). The van der Waals surface area contributed by atoms with Gasteiger partial charge in [-0.25, -0.2) is 0 Å². The van der Waals surface area contributed by atoms with E-state index in [1.54, 1.807) is 37.3 Å². The Hall–Kier alpha value is -3.44. The molecule has 0 unspecified atom stereocenters. The second-order valence-corrected chi connectivity index (χ2v) is 9.71. The Balaban J connectivity index is 1.37. The monoisotopic (exact) mass is 459 g/mol. The Morgan fingerprint density at radius 3 is 2.44 bits per heavy atom. The van der Waals surface area contributed by atoms with Crippen LogP contribution in [0.25, 0.3) is 0 Å². The number of nitrogens with one attached hydrogen (secondary N) is 1. The van der Waals surface area contributed by atoms with E-state index >= 15 is 0 Å². The molecule has 0 saturated carbocycles. The lowest BCUT2D eigenvalue weighted by Gasteiger charge is -2.47. The Morgan fingerprint density at radius 1 is 1.03 bits per heavy atom. The molecule has 1 N–H and O–H groups in total.